The first-order valence-corrected chi connectivity index (χ1v) is 4.33. The number of nitrogens with two attached hydrogens (primary N) is 1. The van der Waals surface area contributed by atoms with E-state index in [4.69, 9.17) is 17.3 Å². The highest BCUT2D eigenvalue weighted by molar-refractivity contribution is 6.30. The molecule has 0 saturated carbocycles. The van der Waals surface area contributed by atoms with Gasteiger partial charge in [0, 0.05) is 28.8 Å². The van der Waals surface area contributed by atoms with Gasteiger partial charge in [-0.05, 0) is 30.3 Å². The molecule has 0 fully saturated rings. The van der Waals surface area contributed by atoms with Crippen LogP contribution in [0.15, 0.2) is 42.7 Å². The zero-order valence-corrected chi connectivity index (χ0v) is 7.70. The molecule has 1 heterocycles. The van der Waals surface area contributed by atoms with Crippen LogP contribution in [0.25, 0.3) is 5.69 Å². The monoisotopic (exact) mass is 192 g/mol. The number of nitrogens with zero attached hydrogens (tertiary/aromatic N) is 1. The molecule has 0 amide bonds. The summed E-state index contributed by atoms with van der Waals surface area (Å²) < 4.78 is 1.95. The number of nitrogen functional groups attached to an aromatic ring is 1. The van der Waals surface area contributed by atoms with E-state index in [0.29, 0.717) is 0 Å². The van der Waals surface area contributed by atoms with Gasteiger partial charge in [-0.3, -0.25) is 0 Å². The van der Waals surface area contributed by atoms with Crippen LogP contribution in [0.1, 0.15) is 0 Å². The van der Waals surface area contributed by atoms with Gasteiger partial charge in [0.25, 0.3) is 0 Å². The topological polar surface area (TPSA) is 30.9 Å². The van der Waals surface area contributed by atoms with E-state index < -0.39 is 0 Å². The number of anilines is 1. The zero-order chi connectivity index (χ0) is 9.26. The summed E-state index contributed by atoms with van der Waals surface area (Å²) in [5, 5.41) is 0.740. The number of hydrogen-bond acceptors (Lipinski definition) is 1. The largest absolute Gasteiger partial charge is 0.397 e. The van der Waals surface area contributed by atoms with Gasteiger partial charge in [-0.25, -0.2) is 0 Å². The fourth-order valence-corrected chi connectivity index (χ4v) is 1.31. The summed E-state index contributed by atoms with van der Waals surface area (Å²) in [5.74, 6) is 0. The Balaban J connectivity index is 2.41. The lowest BCUT2D eigenvalue weighted by Crippen LogP contribution is -1.88. The Morgan fingerprint density at radius 1 is 1.08 bits per heavy atom. The molecule has 0 aliphatic carbocycles. The van der Waals surface area contributed by atoms with Crippen LogP contribution in [0.3, 0.4) is 0 Å². The number of rotatable bonds is 1. The molecule has 0 aliphatic rings. The summed E-state index contributed by atoms with van der Waals surface area (Å²) in [7, 11) is 0. The van der Waals surface area contributed by atoms with Crippen LogP contribution < -0.4 is 5.73 Å². The molecule has 0 bridgehead atoms. The fourth-order valence-electron chi connectivity index (χ4n) is 1.19. The van der Waals surface area contributed by atoms with Crippen molar-refractivity contribution in [3.8, 4) is 5.69 Å². The van der Waals surface area contributed by atoms with Crippen molar-refractivity contribution >= 4 is 17.3 Å². The van der Waals surface area contributed by atoms with Crippen molar-refractivity contribution in [3.63, 3.8) is 0 Å². The van der Waals surface area contributed by atoms with Crippen molar-refractivity contribution in [2.24, 2.45) is 0 Å². The summed E-state index contributed by atoms with van der Waals surface area (Å²) in [6.45, 7) is 0. The first-order valence-electron chi connectivity index (χ1n) is 3.95. The minimum absolute atomic E-state index is 0.740. The number of halogens is 1. The molecule has 13 heavy (non-hydrogen) atoms. The van der Waals surface area contributed by atoms with Crippen LogP contribution in [-0.4, -0.2) is 4.57 Å². The van der Waals surface area contributed by atoms with E-state index in [2.05, 4.69) is 0 Å². The Labute approximate surface area is 81.6 Å². The van der Waals surface area contributed by atoms with Crippen molar-refractivity contribution < 1.29 is 0 Å². The van der Waals surface area contributed by atoms with E-state index in [1.54, 1.807) is 0 Å². The molecular formula is C10H9ClN2. The van der Waals surface area contributed by atoms with Crippen LogP contribution in [0.5, 0.6) is 0 Å². The molecular weight excluding hydrogens is 184 g/mol. The van der Waals surface area contributed by atoms with Crippen molar-refractivity contribution in [3.05, 3.63) is 47.7 Å². The van der Waals surface area contributed by atoms with Crippen LogP contribution in [0.2, 0.25) is 5.02 Å². The Bertz CT molecular complexity index is 403. The normalized spacial score (nSPS) is 10.2. The van der Waals surface area contributed by atoms with E-state index in [1.165, 1.54) is 0 Å². The molecule has 2 nitrogen and oxygen atoms in total. The summed E-state index contributed by atoms with van der Waals surface area (Å²) in [6.07, 6.45) is 3.78. The molecule has 2 rings (SSSR count). The Hall–Kier alpha value is -1.41. The highest BCUT2D eigenvalue weighted by atomic mass is 35.5. The summed E-state index contributed by atoms with van der Waals surface area (Å²) in [6, 6.07) is 9.46. The molecule has 0 saturated heterocycles. The second-order valence-corrected chi connectivity index (χ2v) is 3.26. The average Bonchev–Trinajstić information content (AvgIpc) is 2.53. The van der Waals surface area contributed by atoms with E-state index in [0.717, 1.165) is 16.4 Å². The average molecular weight is 193 g/mol. The maximum atomic E-state index is 5.77. The first kappa shape index (κ1) is 8.20. The number of benzene rings is 1. The van der Waals surface area contributed by atoms with Gasteiger partial charge >= 0.3 is 0 Å². The third kappa shape index (κ3) is 1.68. The molecule has 0 aliphatic heterocycles. The molecule has 1 aromatic heterocycles. The third-order valence-electron chi connectivity index (χ3n) is 1.84. The first-order chi connectivity index (χ1) is 6.25. The van der Waals surface area contributed by atoms with Gasteiger partial charge in [0.15, 0.2) is 0 Å². The molecule has 3 heteroatoms. The molecule has 0 radical (unpaired) electrons. The molecule has 66 valence electrons. The van der Waals surface area contributed by atoms with Gasteiger partial charge in [0.2, 0.25) is 0 Å². The van der Waals surface area contributed by atoms with E-state index in [9.17, 15) is 0 Å². The molecule has 2 N–H and O–H groups in total. The molecule has 2 aromatic rings. The van der Waals surface area contributed by atoms with Crippen LogP contribution >= 0.6 is 11.6 Å². The summed E-state index contributed by atoms with van der Waals surface area (Å²) in [5.41, 5.74) is 7.41. The highest BCUT2D eigenvalue weighted by Crippen LogP contribution is 2.15. The lowest BCUT2D eigenvalue weighted by atomic mass is 10.3. The van der Waals surface area contributed by atoms with Gasteiger partial charge in [-0.2, -0.15) is 0 Å². The minimum atomic E-state index is 0.740. The quantitative estimate of drug-likeness (QED) is 0.740. The van der Waals surface area contributed by atoms with Crippen molar-refractivity contribution in [2.75, 3.05) is 5.73 Å². The van der Waals surface area contributed by atoms with Crippen molar-refractivity contribution in [1.82, 2.24) is 4.57 Å². The Morgan fingerprint density at radius 2 is 1.77 bits per heavy atom. The zero-order valence-electron chi connectivity index (χ0n) is 6.94. The smallest absolute Gasteiger partial charge is 0.0497 e. The fraction of sp³-hybridized carbons (Fsp3) is 0. The van der Waals surface area contributed by atoms with Gasteiger partial charge in [0.05, 0.1) is 0 Å². The summed E-state index contributed by atoms with van der Waals surface area (Å²) >= 11 is 5.77. The molecule has 1 aromatic carbocycles. The molecule has 0 unspecified atom stereocenters. The maximum Gasteiger partial charge on any atom is 0.0497 e. The van der Waals surface area contributed by atoms with E-state index >= 15 is 0 Å². The van der Waals surface area contributed by atoms with Gasteiger partial charge in [-0.1, -0.05) is 11.6 Å². The van der Waals surface area contributed by atoms with Crippen LogP contribution in [-0.2, 0) is 0 Å². The third-order valence-corrected chi connectivity index (χ3v) is 2.09. The lowest BCUT2D eigenvalue weighted by molar-refractivity contribution is 1.08. The Morgan fingerprint density at radius 3 is 2.31 bits per heavy atom. The molecule has 0 spiro atoms. The second kappa shape index (κ2) is 3.15. The van der Waals surface area contributed by atoms with Crippen LogP contribution in [0, 0.1) is 0 Å². The van der Waals surface area contributed by atoms with E-state index in [1.807, 2.05) is 47.3 Å². The summed E-state index contributed by atoms with van der Waals surface area (Å²) in [4.78, 5) is 0. The predicted octanol–water partition coefficient (Wildman–Crippen LogP) is 2.71. The van der Waals surface area contributed by atoms with Crippen molar-refractivity contribution in [2.45, 2.75) is 0 Å². The molecule has 0 atom stereocenters. The second-order valence-electron chi connectivity index (χ2n) is 2.83. The standard InChI is InChI=1S/C10H9ClN2/c11-8-1-3-10(4-2-8)13-6-5-9(12)7-13/h1-7H,12H2. The highest BCUT2D eigenvalue weighted by Gasteiger charge is 1.95. The Kier molecular flexibility index (Phi) is 1.99. The number of aromatic nitrogens is 1. The minimum Gasteiger partial charge on any atom is -0.397 e. The number of hydrogen-bond donors (Lipinski definition) is 1. The van der Waals surface area contributed by atoms with E-state index in [-0.39, 0.29) is 0 Å². The van der Waals surface area contributed by atoms with Crippen LogP contribution in [0.4, 0.5) is 5.69 Å². The van der Waals surface area contributed by atoms with Crippen molar-refractivity contribution in [1.29, 1.82) is 0 Å². The van der Waals surface area contributed by atoms with Gasteiger partial charge < -0.3 is 10.3 Å². The van der Waals surface area contributed by atoms with Gasteiger partial charge in [0.1, 0.15) is 0 Å². The lowest BCUT2D eigenvalue weighted by Gasteiger charge is -2.01. The SMILES string of the molecule is Nc1ccn(-c2ccc(Cl)cc2)c1. The van der Waals surface area contributed by atoms with Gasteiger partial charge in [-0.15, -0.1) is 0 Å². The maximum absolute atomic E-state index is 5.77. The predicted molar refractivity (Wildman–Crippen MR) is 55.2 cm³/mol.